The van der Waals surface area contributed by atoms with Crippen LogP contribution in [-0.4, -0.2) is 58.5 Å². The normalized spacial score (nSPS) is 14.6. The lowest BCUT2D eigenvalue weighted by Gasteiger charge is -2.15. The molecule has 0 spiro atoms. The van der Waals surface area contributed by atoms with E-state index in [4.69, 9.17) is 5.73 Å². The van der Waals surface area contributed by atoms with Crippen LogP contribution in [0.2, 0.25) is 0 Å². The Balaban J connectivity index is 2.16. The van der Waals surface area contributed by atoms with Crippen molar-refractivity contribution in [2.75, 3.05) is 26.7 Å². The van der Waals surface area contributed by atoms with Crippen LogP contribution in [0, 0.1) is 0 Å². The molecule has 110 valence electrons. The predicted octanol–water partition coefficient (Wildman–Crippen LogP) is -0.812. The molecule has 20 heavy (non-hydrogen) atoms. The summed E-state index contributed by atoms with van der Waals surface area (Å²) in [7, 11) is 1.28. The number of hydrogen-bond donors (Lipinski definition) is 1. The summed E-state index contributed by atoms with van der Waals surface area (Å²) in [6, 6.07) is 0. The average Bonchev–Trinajstić information content (AvgIpc) is 3.09. The molecule has 0 bridgehead atoms. The third-order valence-corrected chi connectivity index (χ3v) is 3.34. The molecular formula is C12H19N5O3. The van der Waals surface area contributed by atoms with Gasteiger partial charge in [0, 0.05) is 19.5 Å². The van der Waals surface area contributed by atoms with Gasteiger partial charge in [-0.3, -0.25) is 4.79 Å². The molecule has 0 aromatic carbocycles. The molecule has 2 rings (SSSR count). The smallest absolute Gasteiger partial charge is 0.360 e. The fourth-order valence-corrected chi connectivity index (χ4v) is 2.29. The molecule has 2 N–H and O–H groups in total. The zero-order valence-electron chi connectivity index (χ0n) is 11.5. The van der Waals surface area contributed by atoms with Crippen LogP contribution in [0.4, 0.5) is 0 Å². The molecule has 1 saturated heterocycles. The minimum absolute atomic E-state index is 0.0120. The minimum Gasteiger partial charge on any atom is -0.464 e. The number of carbonyl (C=O) groups is 2. The SMILES string of the molecule is COC(=O)c1nnn(CC(=O)N2CCCC2)c1CCN. The summed E-state index contributed by atoms with van der Waals surface area (Å²) in [6.45, 7) is 1.99. The van der Waals surface area contributed by atoms with Crippen LogP contribution in [0.3, 0.4) is 0 Å². The van der Waals surface area contributed by atoms with Gasteiger partial charge < -0.3 is 15.4 Å². The van der Waals surface area contributed by atoms with Gasteiger partial charge in [0.1, 0.15) is 6.54 Å². The number of methoxy groups -OCH3 is 1. The van der Waals surface area contributed by atoms with Crippen LogP contribution in [0.15, 0.2) is 0 Å². The average molecular weight is 281 g/mol. The van der Waals surface area contributed by atoms with Crippen molar-refractivity contribution in [1.29, 1.82) is 0 Å². The molecule has 1 aromatic heterocycles. The lowest BCUT2D eigenvalue weighted by Crippen LogP contribution is -2.32. The first-order chi connectivity index (χ1) is 9.67. The van der Waals surface area contributed by atoms with E-state index in [9.17, 15) is 9.59 Å². The van der Waals surface area contributed by atoms with E-state index in [1.807, 2.05) is 0 Å². The number of nitrogens with zero attached hydrogens (tertiary/aromatic N) is 4. The predicted molar refractivity (Wildman–Crippen MR) is 69.9 cm³/mol. The Labute approximate surface area is 116 Å². The molecule has 0 saturated carbocycles. The maximum Gasteiger partial charge on any atom is 0.360 e. The Kier molecular flexibility index (Phi) is 4.67. The van der Waals surface area contributed by atoms with Gasteiger partial charge in [0.05, 0.1) is 12.8 Å². The molecule has 1 aromatic rings. The fraction of sp³-hybridized carbons (Fsp3) is 0.667. The molecular weight excluding hydrogens is 262 g/mol. The van der Waals surface area contributed by atoms with E-state index in [-0.39, 0.29) is 18.1 Å². The Morgan fingerprint density at radius 3 is 2.65 bits per heavy atom. The van der Waals surface area contributed by atoms with E-state index in [0.717, 1.165) is 25.9 Å². The summed E-state index contributed by atoms with van der Waals surface area (Å²) in [6.07, 6.45) is 2.49. The van der Waals surface area contributed by atoms with E-state index in [1.165, 1.54) is 11.8 Å². The van der Waals surface area contributed by atoms with Gasteiger partial charge in [-0.2, -0.15) is 0 Å². The largest absolute Gasteiger partial charge is 0.464 e. The first-order valence-corrected chi connectivity index (χ1v) is 6.66. The summed E-state index contributed by atoms with van der Waals surface area (Å²) in [4.78, 5) is 25.5. The van der Waals surface area contributed by atoms with Crippen LogP contribution >= 0.6 is 0 Å². The molecule has 0 unspecified atom stereocenters. The van der Waals surface area contributed by atoms with Crippen LogP contribution in [0.25, 0.3) is 0 Å². The summed E-state index contributed by atoms with van der Waals surface area (Å²) >= 11 is 0. The second kappa shape index (κ2) is 6.47. The van der Waals surface area contributed by atoms with Gasteiger partial charge in [0.25, 0.3) is 0 Å². The molecule has 1 aliphatic rings. The third-order valence-electron chi connectivity index (χ3n) is 3.34. The summed E-state index contributed by atoms with van der Waals surface area (Å²) in [5.74, 6) is -0.574. The Hall–Kier alpha value is -1.96. The van der Waals surface area contributed by atoms with Gasteiger partial charge in [-0.15, -0.1) is 5.10 Å². The number of aromatic nitrogens is 3. The van der Waals surface area contributed by atoms with Gasteiger partial charge in [0.2, 0.25) is 5.91 Å². The third kappa shape index (κ3) is 2.96. The maximum atomic E-state index is 12.1. The zero-order chi connectivity index (χ0) is 14.5. The minimum atomic E-state index is -0.562. The van der Waals surface area contributed by atoms with Crippen LogP contribution < -0.4 is 5.73 Å². The second-order valence-electron chi connectivity index (χ2n) is 4.66. The number of esters is 1. The van der Waals surface area contributed by atoms with Crippen LogP contribution in [0.5, 0.6) is 0 Å². The molecule has 2 heterocycles. The van der Waals surface area contributed by atoms with Crippen LogP contribution in [-0.2, 0) is 22.5 Å². The maximum absolute atomic E-state index is 12.1. The topological polar surface area (TPSA) is 103 Å². The highest BCUT2D eigenvalue weighted by atomic mass is 16.5. The van der Waals surface area contributed by atoms with Crippen molar-refractivity contribution in [2.24, 2.45) is 5.73 Å². The van der Waals surface area contributed by atoms with Crippen molar-refractivity contribution in [3.05, 3.63) is 11.4 Å². The highest BCUT2D eigenvalue weighted by Gasteiger charge is 2.23. The number of rotatable bonds is 5. The standard InChI is InChI=1S/C12H19N5O3/c1-20-12(19)11-9(4-5-13)17(15-14-11)8-10(18)16-6-2-3-7-16/h2-8,13H2,1H3. The van der Waals surface area contributed by atoms with Crippen molar-refractivity contribution in [1.82, 2.24) is 19.9 Å². The second-order valence-corrected chi connectivity index (χ2v) is 4.66. The van der Waals surface area contributed by atoms with Crippen molar-refractivity contribution < 1.29 is 14.3 Å². The van der Waals surface area contributed by atoms with Gasteiger partial charge in [0.15, 0.2) is 5.69 Å². The van der Waals surface area contributed by atoms with Crippen molar-refractivity contribution in [3.8, 4) is 0 Å². The Bertz CT molecular complexity index is 493. The number of ether oxygens (including phenoxy) is 1. The quantitative estimate of drug-likeness (QED) is 0.708. The lowest BCUT2D eigenvalue weighted by atomic mass is 10.2. The van der Waals surface area contributed by atoms with E-state index in [1.54, 1.807) is 4.90 Å². The molecule has 0 radical (unpaired) electrons. The summed E-state index contributed by atoms with van der Waals surface area (Å²) in [5, 5.41) is 7.68. The number of amides is 1. The molecule has 0 aliphatic carbocycles. The molecule has 1 fully saturated rings. The van der Waals surface area contributed by atoms with Gasteiger partial charge in [-0.1, -0.05) is 5.21 Å². The first kappa shape index (κ1) is 14.4. The number of hydrogen-bond acceptors (Lipinski definition) is 6. The van der Waals surface area contributed by atoms with Crippen molar-refractivity contribution in [2.45, 2.75) is 25.8 Å². The lowest BCUT2D eigenvalue weighted by molar-refractivity contribution is -0.131. The van der Waals surface area contributed by atoms with E-state index in [2.05, 4.69) is 15.0 Å². The fourth-order valence-electron chi connectivity index (χ4n) is 2.29. The Morgan fingerprint density at radius 2 is 2.05 bits per heavy atom. The highest BCUT2D eigenvalue weighted by Crippen LogP contribution is 2.11. The molecule has 0 atom stereocenters. The monoisotopic (exact) mass is 281 g/mol. The number of nitrogens with two attached hydrogens (primary N) is 1. The molecule has 8 nitrogen and oxygen atoms in total. The van der Waals surface area contributed by atoms with Crippen LogP contribution in [0.1, 0.15) is 29.0 Å². The van der Waals surface area contributed by atoms with Gasteiger partial charge in [-0.05, 0) is 19.4 Å². The van der Waals surface area contributed by atoms with E-state index < -0.39 is 5.97 Å². The molecule has 1 amide bonds. The summed E-state index contributed by atoms with van der Waals surface area (Å²) < 4.78 is 6.09. The first-order valence-electron chi connectivity index (χ1n) is 6.66. The number of likely N-dealkylation sites (tertiary alicyclic amines) is 1. The zero-order valence-corrected chi connectivity index (χ0v) is 11.5. The van der Waals surface area contributed by atoms with Gasteiger partial charge >= 0.3 is 5.97 Å². The molecule has 1 aliphatic heterocycles. The Morgan fingerprint density at radius 1 is 1.35 bits per heavy atom. The van der Waals surface area contributed by atoms with E-state index >= 15 is 0 Å². The summed E-state index contributed by atoms with van der Waals surface area (Å²) in [5.41, 5.74) is 6.22. The highest BCUT2D eigenvalue weighted by molar-refractivity contribution is 5.88. The van der Waals surface area contributed by atoms with Gasteiger partial charge in [-0.25, -0.2) is 9.48 Å². The number of carbonyl (C=O) groups excluding carboxylic acids is 2. The van der Waals surface area contributed by atoms with E-state index in [0.29, 0.717) is 18.7 Å². The molecule has 8 heteroatoms. The van der Waals surface area contributed by atoms with Crippen molar-refractivity contribution >= 4 is 11.9 Å². The van der Waals surface area contributed by atoms with Crippen molar-refractivity contribution in [3.63, 3.8) is 0 Å².